The van der Waals surface area contributed by atoms with Gasteiger partial charge in [0.2, 0.25) is 10.0 Å². The number of carbonyl (C=O) groups excluding carboxylic acids is 1. The highest BCUT2D eigenvalue weighted by atomic mass is 32.2. The summed E-state index contributed by atoms with van der Waals surface area (Å²) in [5.74, 6) is -1.41. The Morgan fingerprint density at radius 2 is 1.80 bits per heavy atom. The van der Waals surface area contributed by atoms with E-state index in [0.717, 1.165) is 49.9 Å². The average molecular weight is 586 g/mol. The summed E-state index contributed by atoms with van der Waals surface area (Å²) >= 11 is 0. The minimum Gasteiger partial charge on any atom is -0.321 e. The predicted octanol–water partition coefficient (Wildman–Crippen LogP) is 3.78. The number of carbonyl (C=O) groups is 1. The summed E-state index contributed by atoms with van der Waals surface area (Å²) in [6, 6.07) is 6.47. The van der Waals surface area contributed by atoms with E-state index in [1.165, 1.54) is 7.05 Å². The van der Waals surface area contributed by atoms with Crippen LogP contribution in [0.4, 0.5) is 28.0 Å². The smallest absolute Gasteiger partial charge is 0.321 e. The van der Waals surface area contributed by atoms with Crippen LogP contribution in [0.1, 0.15) is 29.5 Å². The number of likely N-dealkylation sites (N-methyl/N-ethyl adjacent to an activating group) is 1. The van der Waals surface area contributed by atoms with Crippen LogP contribution in [0.5, 0.6) is 0 Å². The second kappa shape index (κ2) is 12.4. The van der Waals surface area contributed by atoms with Gasteiger partial charge >= 0.3 is 12.2 Å². The number of halogens is 4. The van der Waals surface area contributed by atoms with E-state index < -0.39 is 33.6 Å². The molecule has 220 valence electrons. The summed E-state index contributed by atoms with van der Waals surface area (Å²) in [5, 5.41) is 2.54. The van der Waals surface area contributed by atoms with Crippen LogP contribution >= 0.6 is 0 Å². The van der Waals surface area contributed by atoms with E-state index in [1.807, 2.05) is 0 Å². The molecule has 1 aliphatic heterocycles. The number of fused-ring (bicyclic) bond motifs is 1. The van der Waals surface area contributed by atoms with Crippen molar-refractivity contribution in [1.82, 2.24) is 19.4 Å². The number of alkyl halides is 3. The Kier molecular flexibility index (Phi) is 9.38. The number of hydrogen-bond donors (Lipinski definition) is 2. The van der Waals surface area contributed by atoms with E-state index in [0.29, 0.717) is 44.4 Å². The number of benzene rings is 2. The number of sulfonamides is 1. The molecular weight excluding hydrogens is 550 g/mol. The first-order valence-electron chi connectivity index (χ1n) is 13.3. The van der Waals surface area contributed by atoms with Crippen LogP contribution in [0.3, 0.4) is 0 Å². The van der Waals surface area contributed by atoms with E-state index >= 15 is 0 Å². The van der Waals surface area contributed by atoms with Gasteiger partial charge in [-0.1, -0.05) is 6.07 Å². The zero-order chi connectivity index (χ0) is 29.1. The molecule has 40 heavy (non-hydrogen) atoms. The molecule has 0 bridgehead atoms. The van der Waals surface area contributed by atoms with Gasteiger partial charge in [0.05, 0.1) is 10.5 Å². The average Bonchev–Trinajstić information content (AvgIpc) is 2.92. The second-order valence-corrected chi connectivity index (χ2v) is 12.2. The number of nitrogens with zero attached hydrogens (tertiary/aromatic N) is 3. The molecule has 8 nitrogen and oxygen atoms in total. The van der Waals surface area contributed by atoms with Gasteiger partial charge in [-0.2, -0.15) is 13.2 Å². The number of hydrogen-bond acceptors (Lipinski definition) is 5. The number of nitrogens with one attached hydrogen (secondary N) is 2. The van der Waals surface area contributed by atoms with Gasteiger partial charge in [-0.3, -0.25) is 0 Å². The predicted molar refractivity (Wildman–Crippen MR) is 144 cm³/mol. The normalized spacial score (nSPS) is 18.8. The maximum Gasteiger partial charge on any atom is 0.419 e. The van der Waals surface area contributed by atoms with E-state index in [-0.39, 0.29) is 16.6 Å². The maximum atomic E-state index is 13.8. The van der Waals surface area contributed by atoms with E-state index in [9.17, 15) is 30.8 Å². The van der Waals surface area contributed by atoms with E-state index in [2.05, 4.69) is 26.9 Å². The molecule has 1 aliphatic carbocycles. The van der Waals surface area contributed by atoms with Crippen molar-refractivity contribution in [2.75, 3.05) is 58.7 Å². The van der Waals surface area contributed by atoms with Crippen molar-refractivity contribution in [1.29, 1.82) is 0 Å². The lowest BCUT2D eigenvalue weighted by atomic mass is 9.87. The third-order valence-electron chi connectivity index (χ3n) is 7.65. The summed E-state index contributed by atoms with van der Waals surface area (Å²) in [4.78, 5) is 19.8. The van der Waals surface area contributed by atoms with Crippen molar-refractivity contribution in [3.05, 3.63) is 58.9 Å². The molecule has 0 aromatic heterocycles. The minimum atomic E-state index is -4.90. The minimum absolute atomic E-state index is 0.131. The Labute approximate surface area is 232 Å². The highest BCUT2D eigenvalue weighted by Crippen LogP contribution is 2.33. The summed E-state index contributed by atoms with van der Waals surface area (Å²) in [5.41, 5.74) is 0.209. The lowest BCUT2D eigenvalue weighted by Gasteiger charge is -2.37. The molecule has 13 heteroatoms. The molecule has 2 aliphatic rings. The molecule has 0 saturated carbocycles. The number of anilines is 1. The number of amides is 2. The molecule has 4 rings (SSSR count). The van der Waals surface area contributed by atoms with Crippen molar-refractivity contribution in [3.8, 4) is 0 Å². The quantitative estimate of drug-likeness (QED) is 0.461. The summed E-state index contributed by atoms with van der Waals surface area (Å²) < 4.78 is 80.6. The largest absolute Gasteiger partial charge is 0.419 e. The van der Waals surface area contributed by atoms with Crippen molar-refractivity contribution in [2.24, 2.45) is 0 Å². The van der Waals surface area contributed by atoms with Crippen molar-refractivity contribution >= 4 is 21.7 Å². The Hall–Kier alpha value is -2.74. The highest BCUT2D eigenvalue weighted by Gasteiger charge is 2.35. The lowest BCUT2D eigenvalue weighted by Crippen LogP contribution is -2.48. The van der Waals surface area contributed by atoms with Gasteiger partial charge in [0.1, 0.15) is 5.82 Å². The number of rotatable bonds is 8. The number of piperazine rings is 1. The van der Waals surface area contributed by atoms with Crippen LogP contribution in [-0.2, 0) is 29.0 Å². The molecule has 1 saturated heterocycles. The van der Waals surface area contributed by atoms with Crippen LogP contribution in [0.25, 0.3) is 0 Å². The summed E-state index contributed by atoms with van der Waals surface area (Å²) in [6.45, 7) is 4.86. The van der Waals surface area contributed by atoms with Crippen LogP contribution < -0.4 is 10.0 Å². The molecule has 2 N–H and O–H groups in total. The third kappa shape index (κ3) is 7.31. The fourth-order valence-corrected chi connectivity index (χ4v) is 6.05. The van der Waals surface area contributed by atoms with Crippen LogP contribution in [0.2, 0.25) is 0 Å². The van der Waals surface area contributed by atoms with Gasteiger partial charge in [0.15, 0.2) is 0 Å². The van der Waals surface area contributed by atoms with Gasteiger partial charge in [0, 0.05) is 44.5 Å². The molecule has 2 amide bonds. The van der Waals surface area contributed by atoms with E-state index in [4.69, 9.17) is 0 Å². The van der Waals surface area contributed by atoms with Gasteiger partial charge in [-0.15, -0.1) is 0 Å². The van der Waals surface area contributed by atoms with Gasteiger partial charge < -0.3 is 20.0 Å². The first kappa shape index (κ1) is 30.2. The SMILES string of the molecule is CNS(=O)(=O)c1ccc2c(c1)CC(N(CCCN1CCN(C)CC1)C(=O)Nc1ccc(F)c(C(F)(F)F)c1)CC2. The van der Waals surface area contributed by atoms with Crippen LogP contribution in [0.15, 0.2) is 41.3 Å². The molecular formula is C27H35F4N5O3S. The molecule has 2 aromatic rings. The topological polar surface area (TPSA) is 85.0 Å². The standard InChI is InChI=1S/C27H35F4N5O3S/c1-32-40(38,39)23-8-5-19-4-7-22(16-20(19)17-23)36(11-3-10-35-14-12-34(2)13-15-35)26(37)33-21-6-9-25(28)24(18-21)27(29,30)31/h5-6,8-9,17-18,22,32H,3-4,7,10-16H2,1-2H3,(H,33,37). The molecule has 0 spiro atoms. The first-order valence-corrected chi connectivity index (χ1v) is 14.8. The Balaban J connectivity index is 1.54. The molecule has 0 radical (unpaired) electrons. The zero-order valence-corrected chi connectivity index (χ0v) is 23.4. The lowest BCUT2D eigenvalue weighted by molar-refractivity contribution is -0.139. The van der Waals surface area contributed by atoms with Gasteiger partial charge in [-0.25, -0.2) is 22.3 Å². The van der Waals surface area contributed by atoms with E-state index in [1.54, 1.807) is 23.1 Å². The molecule has 2 aromatic carbocycles. The number of aryl methyl sites for hydroxylation is 1. The van der Waals surface area contributed by atoms with Crippen LogP contribution in [0, 0.1) is 5.82 Å². The molecule has 1 unspecified atom stereocenters. The molecule has 1 heterocycles. The van der Waals surface area contributed by atoms with Gasteiger partial charge in [0.25, 0.3) is 0 Å². The summed E-state index contributed by atoms with van der Waals surface area (Å²) in [6.07, 6.45) is -2.60. The molecule has 1 fully saturated rings. The Morgan fingerprint density at radius 3 is 2.48 bits per heavy atom. The number of urea groups is 1. The summed E-state index contributed by atoms with van der Waals surface area (Å²) in [7, 11) is -0.247. The highest BCUT2D eigenvalue weighted by molar-refractivity contribution is 7.89. The van der Waals surface area contributed by atoms with Crippen molar-refractivity contribution in [2.45, 2.75) is 42.8 Å². The zero-order valence-electron chi connectivity index (χ0n) is 22.6. The third-order valence-corrected chi connectivity index (χ3v) is 9.07. The monoisotopic (exact) mass is 585 g/mol. The van der Waals surface area contributed by atoms with Gasteiger partial charge in [-0.05, 0) is 87.8 Å². The Bertz CT molecular complexity index is 1310. The molecule has 1 atom stereocenters. The van der Waals surface area contributed by atoms with Crippen molar-refractivity contribution < 1.29 is 30.8 Å². The fraction of sp³-hybridized carbons (Fsp3) is 0.519. The second-order valence-electron chi connectivity index (χ2n) is 10.3. The fourth-order valence-electron chi connectivity index (χ4n) is 5.27. The Morgan fingerprint density at radius 1 is 1.07 bits per heavy atom. The first-order chi connectivity index (χ1) is 18.9. The van der Waals surface area contributed by atoms with Crippen LogP contribution in [-0.4, -0.2) is 88.6 Å². The van der Waals surface area contributed by atoms with Crippen molar-refractivity contribution in [3.63, 3.8) is 0 Å². The maximum absolute atomic E-state index is 13.8.